The van der Waals surface area contributed by atoms with Gasteiger partial charge in [-0.15, -0.1) is 0 Å². The molecule has 3 aromatic rings. The monoisotopic (exact) mass is 366 g/mol. The lowest BCUT2D eigenvalue weighted by Crippen LogP contribution is -2.31. The molecule has 0 bridgehead atoms. The highest BCUT2D eigenvalue weighted by Crippen LogP contribution is 2.38. The van der Waals surface area contributed by atoms with E-state index >= 15 is 0 Å². The van der Waals surface area contributed by atoms with Crippen LogP contribution in [0.2, 0.25) is 0 Å². The van der Waals surface area contributed by atoms with E-state index in [4.69, 9.17) is 4.74 Å². The number of nitrogens with one attached hydrogen (secondary N) is 2. The Morgan fingerprint density at radius 1 is 1.19 bits per heavy atom. The average Bonchev–Trinajstić information content (AvgIpc) is 3.04. The van der Waals surface area contributed by atoms with Crippen molar-refractivity contribution in [3.63, 3.8) is 0 Å². The zero-order valence-electron chi connectivity index (χ0n) is 15.8. The Kier molecular flexibility index (Phi) is 3.83. The van der Waals surface area contributed by atoms with Crippen LogP contribution in [0.1, 0.15) is 44.2 Å². The molecule has 2 N–H and O–H groups in total. The number of pyridine rings is 1. The molecular weight excluding hydrogens is 344 g/mol. The standard InChI is InChI=1S/C20H22N4O3/c1-20(2,3)24-18-15(10-21-24)13(9-17(25)23-18)14-7-11-5-6-12(27-4)8-16(11)22-19(14)26/h5-8,10,13H,9H2,1-4H3,(H,22,26)(H,23,25)/t13-/m1/s1. The van der Waals surface area contributed by atoms with E-state index in [0.717, 1.165) is 10.9 Å². The predicted octanol–water partition coefficient (Wildman–Crippen LogP) is 2.96. The molecule has 27 heavy (non-hydrogen) atoms. The van der Waals surface area contributed by atoms with Gasteiger partial charge in [-0.25, -0.2) is 4.68 Å². The quantitative estimate of drug-likeness (QED) is 0.730. The molecule has 1 amide bonds. The smallest absolute Gasteiger partial charge is 0.252 e. The summed E-state index contributed by atoms with van der Waals surface area (Å²) in [5.74, 6) is 0.891. The molecule has 0 fully saturated rings. The van der Waals surface area contributed by atoms with Crippen LogP contribution in [0.3, 0.4) is 0 Å². The number of aromatic amines is 1. The number of carbonyl (C=O) groups excluding carboxylic acids is 1. The Balaban J connectivity index is 1.87. The van der Waals surface area contributed by atoms with E-state index in [1.807, 2.05) is 39.0 Å². The Morgan fingerprint density at radius 3 is 2.67 bits per heavy atom. The number of rotatable bonds is 2. The molecule has 2 aromatic heterocycles. The summed E-state index contributed by atoms with van der Waals surface area (Å²) in [5, 5.41) is 8.28. The SMILES string of the molecule is COc1ccc2cc([C@H]3CC(=O)Nc4c3cnn4C(C)(C)C)c(=O)[nH]c2c1. The predicted molar refractivity (Wildman–Crippen MR) is 103 cm³/mol. The van der Waals surface area contributed by atoms with E-state index in [9.17, 15) is 9.59 Å². The summed E-state index contributed by atoms with van der Waals surface area (Å²) in [5.41, 5.74) is 1.65. The number of nitrogens with zero attached hydrogens (tertiary/aromatic N) is 2. The largest absolute Gasteiger partial charge is 0.497 e. The minimum Gasteiger partial charge on any atom is -0.497 e. The van der Waals surface area contributed by atoms with Gasteiger partial charge >= 0.3 is 0 Å². The van der Waals surface area contributed by atoms with Crippen molar-refractivity contribution in [3.05, 3.63) is 51.9 Å². The van der Waals surface area contributed by atoms with E-state index < -0.39 is 0 Å². The summed E-state index contributed by atoms with van der Waals surface area (Å²) >= 11 is 0. The van der Waals surface area contributed by atoms with E-state index in [1.54, 1.807) is 24.1 Å². The first-order valence-corrected chi connectivity index (χ1v) is 8.87. The lowest BCUT2D eigenvalue weighted by molar-refractivity contribution is -0.116. The van der Waals surface area contributed by atoms with Crippen molar-refractivity contribution < 1.29 is 9.53 Å². The summed E-state index contributed by atoms with van der Waals surface area (Å²) in [6.07, 6.45) is 1.97. The van der Waals surface area contributed by atoms with Gasteiger partial charge in [-0.2, -0.15) is 5.10 Å². The fraction of sp³-hybridized carbons (Fsp3) is 0.350. The van der Waals surface area contributed by atoms with Gasteiger partial charge < -0.3 is 15.0 Å². The van der Waals surface area contributed by atoms with Crippen LogP contribution in [-0.4, -0.2) is 27.8 Å². The maximum absolute atomic E-state index is 12.8. The van der Waals surface area contributed by atoms with Gasteiger partial charge in [0.25, 0.3) is 5.56 Å². The number of methoxy groups -OCH3 is 1. The number of H-pyrrole nitrogens is 1. The molecule has 1 aromatic carbocycles. The fourth-order valence-corrected chi connectivity index (χ4v) is 3.59. The molecule has 7 heteroatoms. The van der Waals surface area contributed by atoms with E-state index in [2.05, 4.69) is 15.4 Å². The molecule has 0 radical (unpaired) electrons. The van der Waals surface area contributed by atoms with E-state index in [-0.39, 0.29) is 29.3 Å². The molecule has 0 saturated carbocycles. The number of amides is 1. The number of anilines is 1. The molecule has 1 aliphatic heterocycles. The van der Waals surface area contributed by atoms with Crippen molar-refractivity contribution in [1.82, 2.24) is 14.8 Å². The second kappa shape index (κ2) is 5.97. The molecule has 140 valence electrons. The van der Waals surface area contributed by atoms with Gasteiger partial charge in [0.05, 0.1) is 24.4 Å². The van der Waals surface area contributed by atoms with Gasteiger partial charge in [0.1, 0.15) is 11.6 Å². The van der Waals surface area contributed by atoms with Crippen molar-refractivity contribution in [3.8, 4) is 5.75 Å². The third-order valence-corrected chi connectivity index (χ3v) is 4.91. The highest BCUT2D eigenvalue weighted by Gasteiger charge is 2.33. The summed E-state index contributed by atoms with van der Waals surface area (Å²) in [4.78, 5) is 28.1. The van der Waals surface area contributed by atoms with Gasteiger partial charge in [-0.05, 0) is 44.4 Å². The maximum atomic E-state index is 12.8. The van der Waals surface area contributed by atoms with E-state index in [1.165, 1.54) is 0 Å². The zero-order chi connectivity index (χ0) is 19.3. The lowest BCUT2D eigenvalue weighted by atomic mass is 9.87. The third kappa shape index (κ3) is 2.89. The van der Waals surface area contributed by atoms with Gasteiger partial charge in [0.15, 0.2) is 0 Å². The number of fused-ring (bicyclic) bond motifs is 2. The molecule has 3 heterocycles. The van der Waals surface area contributed by atoms with Crippen molar-refractivity contribution in [2.24, 2.45) is 0 Å². The first kappa shape index (κ1) is 17.3. The molecule has 4 rings (SSSR count). The van der Waals surface area contributed by atoms with Crippen molar-refractivity contribution in [2.75, 3.05) is 12.4 Å². The lowest BCUT2D eigenvalue weighted by Gasteiger charge is -2.27. The molecule has 0 saturated heterocycles. The fourth-order valence-electron chi connectivity index (χ4n) is 3.59. The van der Waals surface area contributed by atoms with Crippen molar-refractivity contribution >= 4 is 22.6 Å². The van der Waals surface area contributed by atoms with Crippen molar-refractivity contribution in [2.45, 2.75) is 38.6 Å². The minimum atomic E-state index is -0.333. The van der Waals surface area contributed by atoms with Gasteiger partial charge in [-0.3, -0.25) is 9.59 Å². The maximum Gasteiger partial charge on any atom is 0.252 e. The zero-order valence-corrected chi connectivity index (χ0v) is 15.8. The van der Waals surface area contributed by atoms with Gasteiger partial charge in [-0.1, -0.05) is 0 Å². The second-order valence-electron chi connectivity index (χ2n) is 7.84. The highest BCUT2D eigenvalue weighted by molar-refractivity contribution is 5.94. The Morgan fingerprint density at radius 2 is 1.96 bits per heavy atom. The molecule has 1 atom stereocenters. The molecule has 0 spiro atoms. The van der Waals surface area contributed by atoms with Crippen LogP contribution in [0.25, 0.3) is 10.9 Å². The summed E-state index contributed by atoms with van der Waals surface area (Å²) < 4.78 is 7.02. The van der Waals surface area contributed by atoms with Crippen molar-refractivity contribution in [1.29, 1.82) is 0 Å². The number of benzene rings is 1. The average molecular weight is 366 g/mol. The molecule has 1 aliphatic rings. The van der Waals surface area contributed by atoms with Crippen LogP contribution < -0.4 is 15.6 Å². The Hall–Kier alpha value is -3.09. The number of ether oxygens (including phenoxy) is 1. The number of aromatic nitrogens is 3. The number of carbonyl (C=O) groups is 1. The summed E-state index contributed by atoms with van der Waals surface area (Å²) in [6.45, 7) is 6.06. The number of hydrogen-bond donors (Lipinski definition) is 2. The first-order valence-electron chi connectivity index (χ1n) is 8.87. The molecule has 0 unspecified atom stereocenters. The first-order chi connectivity index (χ1) is 12.8. The van der Waals surface area contributed by atoms with Gasteiger partial charge in [0.2, 0.25) is 5.91 Å². The second-order valence-corrected chi connectivity index (χ2v) is 7.84. The normalized spacial score (nSPS) is 16.9. The third-order valence-electron chi connectivity index (χ3n) is 4.91. The van der Waals surface area contributed by atoms with Crippen LogP contribution in [0, 0.1) is 0 Å². The number of hydrogen-bond acceptors (Lipinski definition) is 4. The van der Waals surface area contributed by atoms with Gasteiger partial charge in [0, 0.05) is 29.5 Å². The van der Waals surface area contributed by atoms with Crippen LogP contribution in [0.15, 0.2) is 35.3 Å². The van der Waals surface area contributed by atoms with Crippen LogP contribution in [0.5, 0.6) is 5.75 Å². The minimum absolute atomic E-state index is 0.118. The Bertz CT molecular complexity index is 1100. The van der Waals surface area contributed by atoms with Crippen LogP contribution >= 0.6 is 0 Å². The van der Waals surface area contributed by atoms with E-state index in [0.29, 0.717) is 22.6 Å². The molecular formula is C20H22N4O3. The summed E-state index contributed by atoms with van der Waals surface area (Å²) in [6, 6.07) is 7.39. The topological polar surface area (TPSA) is 89.0 Å². The van der Waals surface area contributed by atoms with Crippen LogP contribution in [-0.2, 0) is 10.3 Å². The molecule has 7 nitrogen and oxygen atoms in total. The summed E-state index contributed by atoms with van der Waals surface area (Å²) in [7, 11) is 1.59. The highest BCUT2D eigenvalue weighted by atomic mass is 16.5. The van der Waals surface area contributed by atoms with Crippen LogP contribution in [0.4, 0.5) is 5.82 Å². The molecule has 0 aliphatic carbocycles. The Labute approximate surface area is 156 Å².